The lowest BCUT2D eigenvalue weighted by atomic mass is 9.33. The van der Waals surface area contributed by atoms with Crippen LogP contribution in [0.3, 0.4) is 0 Å². The summed E-state index contributed by atoms with van der Waals surface area (Å²) in [4.78, 5) is 7.84. The van der Waals surface area contributed by atoms with Gasteiger partial charge in [0.05, 0.1) is 5.69 Å². The Balaban J connectivity index is 1.16. The van der Waals surface area contributed by atoms with Crippen molar-refractivity contribution in [3.05, 3.63) is 227 Å². The standard InChI is InChI=1S/C79H84BN3/c1-51-43-53(52-25-19-16-20-26-52)32-37-67(51)82-69-48-59(81(57-27-21-17-22-28-57)58-29-23-18-24-30-58)34-36-65(69)80-66-49-63-64(79(14,15)42-41-78(63,12)13)50-70(66)83(72-47-56(75(5,6)7)46-71(82)73(72)80)68-38-33-55(74(2,3)4)45-60(68)54-31-35-61-62(44-54)77(10,11)40-39-76(61,8)9/h16-38,43-50H,39-42H2,1-15H3. The SMILES string of the molecule is Cc1cc(-c2ccccc2)ccc1N1c2cc(N(c3ccccc3)c3ccccc3)ccc2B2c3cc4c(cc3N(c3ccc(C(C)(C)C)cc3-c3ccc5c(c3)C(C)(C)CCC5(C)C)c3cc(C(C)(C)C)cc1c32)C(C)(C)CCC4(C)C. The van der Waals surface area contributed by atoms with Gasteiger partial charge in [0.25, 0.3) is 6.71 Å². The average Bonchev–Trinajstić information content (AvgIpc) is 2.20. The first kappa shape index (κ1) is 54.7. The Bertz CT molecular complexity index is 3980. The van der Waals surface area contributed by atoms with Gasteiger partial charge in [0, 0.05) is 51.1 Å². The highest BCUT2D eigenvalue weighted by Gasteiger charge is 2.48. The van der Waals surface area contributed by atoms with Crippen LogP contribution < -0.4 is 31.1 Å². The molecule has 0 radical (unpaired) electrons. The molecule has 418 valence electrons. The van der Waals surface area contributed by atoms with E-state index in [2.05, 4.69) is 307 Å². The topological polar surface area (TPSA) is 9.72 Å². The van der Waals surface area contributed by atoms with Crippen LogP contribution in [0.25, 0.3) is 22.3 Å². The molecule has 3 nitrogen and oxygen atoms in total. The van der Waals surface area contributed by atoms with Crippen LogP contribution in [-0.2, 0) is 32.5 Å². The third-order valence-corrected chi connectivity index (χ3v) is 20.0. The predicted octanol–water partition coefficient (Wildman–Crippen LogP) is 20.2. The quantitative estimate of drug-likeness (QED) is 0.147. The lowest BCUT2D eigenvalue weighted by Gasteiger charge is -2.48. The highest BCUT2D eigenvalue weighted by atomic mass is 15.2. The van der Waals surface area contributed by atoms with Gasteiger partial charge in [-0.1, -0.05) is 206 Å². The second kappa shape index (κ2) is 19.2. The third-order valence-electron chi connectivity index (χ3n) is 20.0. The van der Waals surface area contributed by atoms with Gasteiger partial charge in [0.1, 0.15) is 0 Å². The maximum absolute atomic E-state index is 2.75. The number of hydrogen-bond acceptors (Lipinski definition) is 3. The summed E-state index contributed by atoms with van der Waals surface area (Å²) in [5.41, 5.74) is 29.5. The summed E-state index contributed by atoms with van der Waals surface area (Å²) in [5, 5.41) is 0. The molecule has 83 heavy (non-hydrogen) atoms. The van der Waals surface area contributed by atoms with Crippen molar-refractivity contribution >= 4 is 74.3 Å². The van der Waals surface area contributed by atoms with Crippen LogP contribution in [0.1, 0.15) is 162 Å². The van der Waals surface area contributed by atoms with E-state index in [-0.39, 0.29) is 39.2 Å². The molecular weight excluding hydrogens is 1000 g/mol. The smallest absolute Gasteiger partial charge is 0.252 e. The van der Waals surface area contributed by atoms with Gasteiger partial charge in [-0.15, -0.1) is 0 Å². The number of aryl methyl sites for hydroxylation is 1. The van der Waals surface area contributed by atoms with Crippen molar-refractivity contribution in [1.29, 1.82) is 0 Å². The summed E-state index contributed by atoms with van der Waals surface area (Å²) in [6.07, 6.45) is 4.63. The number of fused-ring (bicyclic) bond motifs is 6. The summed E-state index contributed by atoms with van der Waals surface area (Å²) in [7, 11) is 0. The molecule has 0 atom stereocenters. The van der Waals surface area contributed by atoms with E-state index in [1.54, 1.807) is 0 Å². The Kier molecular flexibility index (Phi) is 12.7. The second-order valence-corrected chi connectivity index (χ2v) is 29.6. The monoisotopic (exact) mass is 1090 g/mol. The summed E-state index contributed by atoms with van der Waals surface area (Å²) in [5.74, 6) is 0. The Morgan fingerprint density at radius 1 is 0.361 bits per heavy atom. The minimum atomic E-state index is -0.192. The van der Waals surface area contributed by atoms with Gasteiger partial charge in [0.2, 0.25) is 0 Å². The fourth-order valence-corrected chi connectivity index (χ4v) is 14.6. The van der Waals surface area contributed by atoms with Crippen molar-refractivity contribution in [2.75, 3.05) is 14.7 Å². The molecule has 0 saturated carbocycles. The van der Waals surface area contributed by atoms with Crippen LogP contribution in [0.15, 0.2) is 188 Å². The summed E-state index contributed by atoms with van der Waals surface area (Å²) in [6.45, 7) is 36.4. The second-order valence-electron chi connectivity index (χ2n) is 29.6. The molecule has 0 unspecified atom stereocenters. The molecule has 9 aromatic carbocycles. The normalized spacial score (nSPS) is 17.0. The van der Waals surface area contributed by atoms with Gasteiger partial charge in [-0.2, -0.15) is 0 Å². The zero-order chi connectivity index (χ0) is 58.3. The van der Waals surface area contributed by atoms with Crippen LogP contribution in [0, 0.1) is 6.92 Å². The highest BCUT2D eigenvalue weighted by molar-refractivity contribution is 7.00. The van der Waals surface area contributed by atoms with E-state index in [0.29, 0.717) is 0 Å². The molecule has 0 N–H and O–H groups in total. The molecule has 13 rings (SSSR count). The van der Waals surface area contributed by atoms with E-state index in [1.165, 1.54) is 125 Å². The fraction of sp³-hybridized carbons (Fsp3) is 0.316. The molecule has 0 aromatic heterocycles. The number of benzene rings is 9. The minimum absolute atomic E-state index is 0.00991. The number of nitrogens with zero attached hydrogens (tertiary/aromatic N) is 3. The molecule has 0 spiro atoms. The molecule has 9 aromatic rings. The van der Waals surface area contributed by atoms with Gasteiger partial charge in [-0.3, -0.25) is 0 Å². The van der Waals surface area contributed by atoms with Crippen molar-refractivity contribution in [2.45, 2.75) is 162 Å². The van der Waals surface area contributed by atoms with E-state index in [9.17, 15) is 0 Å². The van der Waals surface area contributed by atoms with Crippen molar-refractivity contribution in [1.82, 2.24) is 0 Å². The number of anilines is 9. The van der Waals surface area contributed by atoms with Gasteiger partial charge < -0.3 is 14.7 Å². The van der Waals surface area contributed by atoms with Crippen LogP contribution in [-0.4, -0.2) is 6.71 Å². The molecule has 0 bridgehead atoms. The average molecular weight is 1090 g/mol. The Morgan fingerprint density at radius 3 is 1.42 bits per heavy atom. The molecule has 0 fully saturated rings. The zero-order valence-electron chi connectivity index (χ0n) is 52.1. The Morgan fingerprint density at radius 2 is 0.855 bits per heavy atom. The zero-order valence-corrected chi connectivity index (χ0v) is 52.1. The minimum Gasteiger partial charge on any atom is -0.311 e. The lowest BCUT2D eigenvalue weighted by Crippen LogP contribution is -2.62. The fourth-order valence-electron chi connectivity index (χ4n) is 14.6. The van der Waals surface area contributed by atoms with Gasteiger partial charge >= 0.3 is 0 Å². The predicted molar refractivity (Wildman–Crippen MR) is 359 cm³/mol. The molecule has 0 amide bonds. The van der Waals surface area contributed by atoms with E-state index in [1.807, 2.05) is 0 Å². The van der Waals surface area contributed by atoms with Crippen molar-refractivity contribution in [3.8, 4) is 22.3 Å². The lowest BCUT2D eigenvalue weighted by molar-refractivity contribution is 0.332. The first-order valence-electron chi connectivity index (χ1n) is 30.8. The number of rotatable bonds is 7. The van der Waals surface area contributed by atoms with Crippen LogP contribution in [0.5, 0.6) is 0 Å². The van der Waals surface area contributed by atoms with Gasteiger partial charge in [-0.05, 0) is 216 Å². The molecule has 2 heterocycles. The van der Waals surface area contributed by atoms with Gasteiger partial charge in [-0.25, -0.2) is 0 Å². The van der Waals surface area contributed by atoms with E-state index < -0.39 is 0 Å². The first-order chi connectivity index (χ1) is 39.3. The molecule has 0 saturated heterocycles. The first-order valence-corrected chi connectivity index (χ1v) is 30.8. The molecule has 4 heteroatoms. The van der Waals surface area contributed by atoms with Crippen LogP contribution in [0.4, 0.5) is 51.2 Å². The Labute approximate surface area is 497 Å². The third kappa shape index (κ3) is 9.17. The van der Waals surface area contributed by atoms with E-state index in [0.717, 1.165) is 29.9 Å². The number of hydrogen-bond donors (Lipinski definition) is 0. The molecule has 2 aliphatic heterocycles. The largest absolute Gasteiger partial charge is 0.311 e. The summed E-state index contributed by atoms with van der Waals surface area (Å²) >= 11 is 0. The molecular formula is C79H84BN3. The van der Waals surface area contributed by atoms with Crippen LogP contribution >= 0.6 is 0 Å². The summed E-state index contributed by atoms with van der Waals surface area (Å²) < 4.78 is 0. The maximum Gasteiger partial charge on any atom is 0.252 e. The van der Waals surface area contributed by atoms with Gasteiger partial charge in [0.15, 0.2) is 0 Å². The highest BCUT2D eigenvalue weighted by Crippen LogP contribution is 2.55. The molecule has 2 aliphatic carbocycles. The number of para-hydroxylation sites is 2. The molecule has 4 aliphatic rings. The van der Waals surface area contributed by atoms with Crippen LogP contribution in [0.2, 0.25) is 0 Å². The Hall–Kier alpha value is -7.56. The van der Waals surface area contributed by atoms with Crippen molar-refractivity contribution < 1.29 is 0 Å². The van der Waals surface area contributed by atoms with E-state index in [4.69, 9.17) is 0 Å². The maximum atomic E-state index is 2.75. The summed E-state index contributed by atoms with van der Waals surface area (Å²) in [6, 6.07) is 72.8. The van der Waals surface area contributed by atoms with Crippen molar-refractivity contribution in [3.63, 3.8) is 0 Å². The van der Waals surface area contributed by atoms with E-state index >= 15 is 0 Å². The van der Waals surface area contributed by atoms with Crippen molar-refractivity contribution in [2.24, 2.45) is 0 Å².